The van der Waals surface area contributed by atoms with Crippen molar-refractivity contribution in [2.75, 3.05) is 0 Å². The van der Waals surface area contributed by atoms with Gasteiger partial charge in [0.25, 0.3) is 0 Å². The van der Waals surface area contributed by atoms with Crippen LogP contribution in [0.15, 0.2) is 28.1 Å². The molecule has 18 heavy (non-hydrogen) atoms. The second-order valence-electron chi connectivity index (χ2n) is 3.84. The average Bonchev–Trinajstić information content (AvgIpc) is 2.89. The topological polar surface area (TPSA) is 67.5 Å². The molecule has 3 rings (SSSR count). The second kappa shape index (κ2) is 3.92. The lowest BCUT2D eigenvalue weighted by Crippen LogP contribution is -2.05. The Labute approximate surface area is 106 Å². The molecule has 1 aliphatic heterocycles. The van der Waals surface area contributed by atoms with Crippen LogP contribution >= 0.6 is 11.3 Å². The van der Waals surface area contributed by atoms with Crippen LogP contribution in [-0.4, -0.2) is 20.9 Å². The van der Waals surface area contributed by atoms with Gasteiger partial charge >= 0.3 is 4.87 Å². The quantitative estimate of drug-likeness (QED) is 0.849. The first-order valence-corrected chi connectivity index (χ1v) is 6.08. The molecule has 2 aromatic heterocycles. The van der Waals surface area contributed by atoms with E-state index in [1.807, 2.05) is 12.1 Å². The summed E-state index contributed by atoms with van der Waals surface area (Å²) in [5.41, 5.74) is 2.36. The van der Waals surface area contributed by atoms with Gasteiger partial charge in [-0.05, 0) is 18.2 Å². The summed E-state index contributed by atoms with van der Waals surface area (Å²) in [5, 5.41) is 9.79. The van der Waals surface area contributed by atoms with Gasteiger partial charge in [-0.15, -0.1) is 0 Å². The number of hydrogen-bond donors (Lipinski definition) is 1. The number of aliphatic imine (C=N–C) groups is 1. The van der Waals surface area contributed by atoms with E-state index >= 15 is 0 Å². The molecule has 6 heteroatoms. The molecule has 0 saturated heterocycles. The van der Waals surface area contributed by atoms with E-state index in [-0.39, 0.29) is 10.8 Å². The van der Waals surface area contributed by atoms with Crippen molar-refractivity contribution in [3.8, 4) is 5.88 Å². The van der Waals surface area contributed by atoms with Crippen LogP contribution in [0.25, 0.3) is 11.6 Å². The highest BCUT2D eigenvalue weighted by Crippen LogP contribution is 2.32. The minimum Gasteiger partial charge on any atom is -0.493 e. The summed E-state index contributed by atoms with van der Waals surface area (Å²) >= 11 is 0.994. The standard InChI is InChI=1S/C12H9N3O2S/c1-15-11(16)9(18-12(15)17)5-7-6-14-8-3-2-4-13-10(7)8/h2-6,16H,1H3/b7-5+. The number of allylic oxidation sites excluding steroid dienone is 1. The molecule has 0 unspecified atom stereocenters. The Hall–Kier alpha value is -2.21. The van der Waals surface area contributed by atoms with Gasteiger partial charge in [-0.2, -0.15) is 0 Å². The van der Waals surface area contributed by atoms with Crippen molar-refractivity contribution < 1.29 is 5.11 Å². The highest BCUT2D eigenvalue weighted by atomic mass is 32.1. The van der Waals surface area contributed by atoms with Crippen LogP contribution in [0.1, 0.15) is 10.6 Å². The van der Waals surface area contributed by atoms with Crippen molar-refractivity contribution in [2.24, 2.45) is 12.0 Å². The van der Waals surface area contributed by atoms with Gasteiger partial charge in [0.05, 0.1) is 16.3 Å². The molecule has 2 aromatic rings. The number of rotatable bonds is 1. The zero-order valence-electron chi connectivity index (χ0n) is 9.49. The smallest absolute Gasteiger partial charge is 0.310 e. The van der Waals surface area contributed by atoms with E-state index in [4.69, 9.17) is 0 Å². The number of aromatic nitrogens is 2. The summed E-state index contributed by atoms with van der Waals surface area (Å²) in [7, 11) is 1.53. The summed E-state index contributed by atoms with van der Waals surface area (Å²) < 4.78 is 1.21. The highest BCUT2D eigenvalue weighted by molar-refractivity contribution is 7.10. The number of aromatic hydroxyl groups is 1. The van der Waals surface area contributed by atoms with Gasteiger partial charge in [-0.1, -0.05) is 11.3 Å². The Morgan fingerprint density at radius 1 is 1.50 bits per heavy atom. The third-order valence-corrected chi connectivity index (χ3v) is 3.67. The van der Waals surface area contributed by atoms with Crippen LogP contribution in [0, 0.1) is 0 Å². The van der Waals surface area contributed by atoms with Gasteiger partial charge < -0.3 is 5.11 Å². The van der Waals surface area contributed by atoms with E-state index in [2.05, 4.69) is 9.98 Å². The lowest BCUT2D eigenvalue weighted by Gasteiger charge is -1.97. The van der Waals surface area contributed by atoms with Crippen LogP contribution in [0.3, 0.4) is 0 Å². The zero-order chi connectivity index (χ0) is 12.7. The lowest BCUT2D eigenvalue weighted by atomic mass is 10.2. The summed E-state index contributed by atoms with van der Waals surface area (Å²) in [6.45, 7) is 0. The van der Waals surface area contributed by atoms with Gasteiger partial charge in [0.15, 0.2) is 0 Å². The van der Waals surface area contributed by atoms with E-state index in [1.54, 1.807) is 18.5 Å². The van der Waals surface area contributed by atoms with Crippen molar-refractivity contribution in [1.29, 1.82) is 0 Å². The van der Waals surface area contributed by atoms with Gasteiger partial charge in [-0.3, -0.25) is 19.3 Å². The Bertz CT molecular complexity index is 740. The number of nitrogens with zero attached hydrogens (tertiary/aromatic N) is 3. The fourth-order valence-corrected chi connectivity index (χ4v) is 2.55. The molecule has 5 nitrogen and oxygen atoms in total. The lowest BCUT2D eigenvalue weighted by molar-refractivity contribution is 0.428. The van der Waals surface area contributed by atoms with Gasteiger partial charge in [-0.25, -0.2) is 0 Å². The molecule has 0 spiro atoms. The molecule has 90 valence electrons. The Kier molecular flexibility index (Phi) is 2.38. The highest BCUT2D eigenvalue weighted by Gasteiger charge is 2.15. The van der Waals surface area contributed by atoms with E-state index in [9.17, 15) is 9.90 Å². The molecule has 0 bridgehead atoms. The predicted molar refractivity (Wildman–Crippen MR) is 71.5 cm³/mol. The maximum atomic E-state index is 11.4. The maximum Gasteiger partial charge on any atom is 0.310 e. The van der Waals surface area contributed by atoms with Gasteiger partial charge in [0.2, 0.25) is 5.88 Å². The molecule has 3 heterocycles. The van der Waals surface area contributed by atoms with Gasteiger partial charge in [0, 0.05) is 25.0 Å². The number of fused-ring (bicyclic) bond motifs is 1. The molecule has 0 fully saturated rings. The first-order valence-electron chi connectivity index (χ1n) is 5.27. The zero-order valence-corrected chi connectivity index (χ0v) is 10.3. The Morgan fingerprint density at radius 3 is 3.06 bits per heavy atom. The molecule has 0 aromatic carbocycles. The molecule has 0 aliphatic carbocycles. The summed E-state index contributed by atoms with van der Waals surface area (Å²) in [6.07, 6.45) is 5.10. The second-order valence-corrected chi connectivity index (χ2v) is 4.84. The van der Waals surface area contributed by atoms with E-state index < -0.39 is 0 Å². The third-order valence-electron chi connectivity index (χ3n) is 2.70. The van der Waals surface area contributed by atoms with Crippen LogP contribution in [0.2, 0.25) is 0 Å². The first-order chi connectivity index (χ1) is 8.66. The monoisotopic (exact) mass is 259 g/mol. The largest absolute Gasteiger partial charge is 0.493 e. The third kappa shape index (κ3) is 1.58. The molecule has 1 aliphatic rings. The fourth-order valence-electron chi connectivity index (χ4n) is 1.72. The van der Waals surface area contributed by atoms with E-state index in [0.29, 0.717) is 4.88 Å². The van der Waals surface area contributed by atoms with Crippen molar-refractivity contribution in [1.82, 2.24) is 9.55 Å². The van der Waals surface area contributed by atoms with Crippen LogP contribution < -0.4 is 4.87 Å². The fraction of sp³-hybridized carbons (Fsp3) is 0.0833. The predicted octanol–water partition coefficient (Wildman–Crippen LogP) is 1.80. The van der Waals surface area contributed by atoms with Crippen LogP contribution in [-0.2, 0) is 7.05 Å². The molecular formula is C12H9N3O2S. The van der Waals surface area contributed by atoms with Crippen molar-refractivity contribution in [3.63, 3.8) is 0 Å². The van der Waals surface area contributed by atoms with Gasteiger partial charge in [0.1, 0.15) is 0 Å². The average molecular weight is 259 g/mol. The van der Waals surface area contributed by atoms with Crippen LogP contribution in [0.5, 0.6) is 5.88 Å². The van der Waals surface area contributed by atoms with Crippen LogP contribution in [0.4, 0.5) is 5.69 Å². The summed E-state index contributed by atoms with van der Waals surface area (Å²) in [6, 6.07) is 3.68. The van der Waals surface area contributed by atoms with E-state index in [1.165, 1.54) is 11.6 Å². The molecular weight excluding hydrogens is 250 g/mol. The Balaban J connectivity index is 2.12. The van der Waals surface area contributed by atoms with Crippen molar-refractivity contribution in [2.45, 2.75) is 0 Å². The molecule has 0 radical (unpaired) electrons. The number of thiazole rings is 1. The Morgan fingerprint density at radius 2 is 2.33 bits per heavy atom. The first kappa shape index (κ1) is 10.9. The summed E-state index contributed by atoms with van der Waals surface area (Å²) in [4.78, 5) is 20.2. The minimum absolute atomic E-state index is 0.0321. The summed E-state index contributed by atoms with van der Waals surface area (Å²) in [5.74, 6) is -0.0321. The molecule has 0 amide bonds. The number of pyridine rings is 1. The number of hydrogen-bond acceptors (Lipinski definition) is 5. The minimum atomic E-state index is -0.199. The maximum absolute atomic E-state index is 11.4. The van der Waals surface area contributed by atoms with E-state index in [0.717, 1.165) is 28.3 Å². The molecule has 0 saturated carbocycles. The molecule has 0 atom stereocenters. The van der Waals surface area contributed by atoms with Crippen molar-refractivity contribution >= 4 is 34.9 Å². The molecule has 1 N–H and O–H groups in total. The van der Waals surface area contributed by atoms with Crippen molar-refractivity contribution in [3.05, 3.63) is 38.6 Å². The SMILES string of the molecule is Cn1c(O)c(/C=C2\C=Nc3cccnc32)sc1=O. The normalized spacial score (nSPS) is 15.3.